The maximum absolute atomic E-state index is 13.3. The molecule has 0 amide bonds. The van der Waals surface area contributed by atoms with Crippen molar-refractivity contribution in [2.24, 2.45) is 0 Å². The second-order valence-electron chi connectivity index (χ2n) is 6.08. The van der Waals surface area contributed by atoms with E-state index in [9.17, 15) is 18.3 Å². The van der Waals surface area contributed by atoms with Gasteiger partial charge in [-0.1, -0.05) is 0 Å². The zero-order valence-electron chi connectivity index (χ0n) is 13.1. The zero-order chi connectivity index (χ0) is 17.4. The second kappa shape index (κ2) is 6.01. The van der Waals surface area contributed by atoms with Gasteiger partial charge in [0, 0.05) is 30.6 Å². The molecule has 0 aromatic carbocycles. The van der Waals surface area contributed by atoms with Gasteiger partial charge in [0.05, 0.1) is 12.1 Å². The monoisotopic (exact) mass is 338 g/mol. The van der Waals surface area contributed by atoms with Crippen LogP contribution in [0.2, 0.25) is 0 Å². The van der Waals surface area contributed by atoms with Gasteiger partial charge in [0.15, 0.2) is 11.5 Å². The van der Waals surface area contributed by atoms with Crippen molar-refractivity contribution in [2.75, 3.05) is 18.1 Å². The summed E-state index contributed by atoms with van der Waals surface area (Å²) in [5, 5.41) is 9.66. The smallest absolute Gasteiger partial charge is 0.394 e. The van der Waals surface area contributed by atoms with Gasteiger partial charge < -0.3 is 10.0 Å². The first-order valence-electron chi connectivity index (χ1n) is 7.59. The third-order valence-corrected chi connectivity index (χ3v) is 4.31. The normalized spacial score (nSPS) is 21.3. The summed E-state index contributed by atoms with van der Waals surface area (Å²) in [6.45, 7) is 2.21. The van der Waals surface area contributed by atoms with Crippen molar-refractivity contribution in [1.82, 2.24) is 15.0 Å². The number of aromatic nitrogens is 3. The van der Waals surface area contributed by atoms with Gasteiger partial charge in [-0.2, -0.15) is 13.2 Å². The Bertz CT molecular complexity index is 723. The molecule has 1 N–H and O–H groups in total. The molecule has 1 saturated heterocycles. The average Bonchev–Trinajstić information content (AvgIpc) is 2.97. The van der Waals surface area contributed by atoms with Crippen molar-refractivity contribution in [1.29, 1.82) is 0 Å². The van der Waals surface area contributed by atoms with E-state index in [1.165, 1.54) is 12.4 Å². The van der Waals surface area contributed by atoms with Gasteiger partial charge in [-0.25, -0.2) is 9.97 Å². The number of anilines is 1. The van der Waals surface area contributed by atoms with E-state index < -0.39 is 17.4 Å². The lowest BCUT2D eigenvalue weighted by molar-refractivity contribution is -0.141. The topological polar surface area (TPSA) is 62.1 Å². The Morgan fingerprint density at radius 3 is 2.58 bits per heavy atom. The molecule has 1 aliphatic rings. The van der Waals surface area contributed by atoms with E-state index in [0.29, 0.717) is 18.5 Å². The van der Waals surface area contributed by atoms with Gasteiger partial charge >= 0.3 is 6.18 Å². The van der Waals surface area contributed by atoms with Crippen molar-refractivity contribution < 1.29 is 18.3 Å². The summed E-state index contributed by atoms with van der Waals surface area (Å²) in [7, 11) is 0. The quantitative estimate of drug-likeness (QED) is 0.932. The number of alkyl halides is 3. The number of rotatable bonds is 3. The summed E-state index contributed by atoms with van der Waals surface area (Å²) in [6, 6.07) is 4.08. The number of halogens is 3. The summed E-state index contributed by atoms with van der Waals surface area (Å²) < 4.78 is 39.8. The van der Waals surface area contributed by atoms with E-state index in [2.05, 4.69) is 15.0 Å². The second-order valence-corrected chi connectivity index (χ2v) is 6.08. The molecule has 0 unspecified atom stereocenters. The highest BCUT2D eigenvalue weighted by Crippen LogP contribution is 2.36. The van der Waals surface area contributed by atoms with Crippen LogP contribution in [0.3, 0.4) is 0 Å². The van der Waals surface area contributed by atoms with Crippen LogP contribution in [0.1, 0.15) is 25.5 Å². The minimum absolute atomic E-state index is 0.00517. The maximum atomic E-state index is 13.3. The van der Waals surface area contributed by atoms with Crippen LogP contribution in [0.25, 0.3) is 11.4 Å². The van der Waals surface area contributed by atoms with Gasteiger partial charge in [-0.05, 0) is 31.9 Å². The van der Waals surface area contributed by atoms with Gasteiger partial charge in [0.25, 0.3) is 0 Å². The van der Waals surface area contributed by atoms with E-state index in [1.54, 1.807) is 17.0 Å². The van der Waals surface area contributed by atoms with E-state index in [1.807, 2.05) is 6.92 Å². The van der Waals surface area contributed by atoms with Crippen molar-refractivity contribution in [3.8, 4) is 11.4 Å². The summed E-state index contributed by atoms with van der Waals surface area (Å²) in [5.41, 5.74) is -1.15. The molecule has 3 heterocycles. The Balaban J connectivity index is 2.13. The lowest BCUT2D eigenvalue weighted by Crippen LogP contribution is -2.45. The summed E-state index contributed by atoms with van der Waals surface area (Å²) in [5.74, 6) is 0.174. The molecule has 1 aliphatic heterocycles. The summed E-state index contributed by atoms with van der Waals surface area (Å²) in [4.78, 5) is 13.6. The lowest BCUT2D eigenvalue weighted by atomic mass is 10.0. The molecule has 24 heavy (non-hydrogen) atoms. The van der Waals surface area contributed by atoms with Crippen LogP contribution in [0.15, 0.2) is 30.6 Å². The van der Waals surface area contributed by atoms with Gasteiger partial charge in [0.1, 0.15) is 5.82 Å². The van der Waals surface area contributed by atoms with Gasteiger partial charge in [0.2, 0.25) is 0 Å². The van der Waals surface area contributed by atoms with Gasteiger partial charge in [-0.15, -0.1) is 0 Å². The van der Waals surface area contributed by atoms with Crippen LogP contribution in [-0.2, 0) is 6.18 Å². The van der Waals surface area contributed by atoms with E-state index >= 15 is 0 Å². The number of pyridine rings is 1. The molecule has 2 aromatic rings. The van der Waals surface area contributed by atoms with Crippen molar-refractivity contribution in [3.05, 3.63) is 36.3 Å². The molecule has 0 saturated carbocycles. The molecule has 5 nitrogen and oxygen atoms in total. The molecule has 128 valence electrons. The third-order valence-electron chi connectivity index (χ3n) is 4.31. The predicted octanol–water partition coefficient (Wildman–Crippen LogP) is 2.91. The maximum Gasteiger partial charge on any atom is 0.433 e. The Kier molecular flexibility index (Phi) is 4.16. The number of hydrogen-bond donors (Lipinski definition) is 1. The molecule has 0 spiro atoms. The number of aliphatic hydroxyl groups excluding tert-OH is 1. The average molecular weight is 338 g/mol. The highest BCUT2D eigenvalue weighted by molar-refractivity contribution is 5.58. The highest BCUT2D eigenvalue weighted by Gasteiger charge is 2.39. The molecule has 1 fully saturated rings. The molecule has 3 rings (SSSR count). The van der Waals surface area contributed by atoms with E-state index in [-0.39, 0.29) is 18.2 Å². The van der Waals surface area contributed by atoms with Crippen molar-refractivity contribution in [2.45, 2.75) is 31.5 Å². The largest absolute Gasteiger partial charge is 0.433 e. The fourth-order valence-electron chi connectivity index (χ4n) is 2.93. The molecule has 1 atom stereocenters. The fourth-order valence-corrected chi connectivity index (χ4v) is 2.93. The fraction of sp³-hybridized carbons (Fsp3) is 0.438. The number of aliphatic hydroxyl groups is 1. The zero-order valence-corrected chi connectivity index (χ0v) is 13.1. The third kappa shape index (κ3) is 3.06. The highest BCUT2D eigenvalue weighted by atomic mass is 19.4. The van der Waals surface area contributed by atoms with Crippen LogP contribution >= 0.6 is 0 Å². The molecule has 0 radical (unpaired) electrons. The lowest BCUT2D eigenvalue weighted by Gasteiger charge is -2.34. The van der Waals surface area contributed by atoms with Crippen molar-refractivity contribution >= 4 is 5.82 Å². The molecule has 8 heteroatoms. The van der Waals surface area contributed by atoms with E-state index in [4.69, 9.17) is 0 Å². The Hall–Kier alpha value is -2.22. The Labute approximate surface area is 137 Å². The summed E-state index contributed by atoms with van der Waals surface area (Å²) >= 11 is 0. The molecule has 2 aromatic heterocycles. The van der Waals surface area contributed by atoms with E-state index in [0.717, 1.165) is 12.5 Å². The first-order chi connectivity index (χ1) is 11.3. The number of nitrogens with zero attached hydrogens (tertiary/aromatic N) is 4. The standard InChI is InChI=1S/C16H17F3N4O/c1-15(10-24)5-2-8-23(15)13-9-12(16(17,18)19)21-14(22-13)11-3-6-20-7-4-11/h3-4,6-7,9,24H,2,5,8,10H2,1H3/t15-/m1/s1. The van der Waals surface area contributed by atoms with Crippen LogP contribution < -0.4 is 4.90 Å². The van der Waals surface area contributed by atoms with Crippen LogP contribution in [0.5, 0.6) is 0 Å². The SMILES string of the molecule is C[C@]1(CO)CCCN1c1cc(C(F)(F)F)nc(-c2ccncc2)n1. The molecular weight excluding hydrogens is 321 g/mol. The number of hydrogen-bond acceptors (Lipinski definition) is 5. The Morgan fingerprint density at radius 1 is 1.25 bits per heavy atom. The first-order valence-corrected chi connectivity index (χ1v) is 7.59. The minimum atomic E-state index is -4.57. The minimum Gasteiger partial charge on any atom is -0.394 e. The van der Waals surface area contributed by atoms with Gasteiger partial charge in [-0.3, -0.25) is 4.98 Å². The molecular formula is C16H17F3N4O. The van der Waals surface area contributed by atoms with Crippen molar-refractivity contribution in [3.63, 3.8) is 0 Å². The predicted molar refractivity (Wildman–Crippen MR) is 82.3 cm³/mol. The van der Waals surface area contributed by atoms with Crippen LogP contribution in [0.4, 0.5) is 19.0 Å². The van der Waals surface area contributed by atoms with Crippen LogP contribution in [0, 0.1) is 0 Å². The Morgan fingerprint density at radius 2 is 1.96 bits per heavy atom. The molecule has 0 bridgehead atoms. The summed E-state index contributed by atoms with van der Waals surface area (Å²) in [6.07, 6.45) is -0.139. The molecule has 0 aliphatic carbocycles. The van der Waals surface area contributed by atoms with Crippen LogP contribution in [-0.4, -0.2) is 38.7 Å². The first kappa shape index (κ1) is 16.6.